The summed E-state index contributed by atoms with van der Waals surface area (Å²) in [6, 6.07) is 5.32. The Morgan fingerprint density at radius 2 is 1.93 bits per heavy atom. The first-order valence-electron chi connectivity index (χ1n) is 4.16. The Morgan fingerprint density at radius 1 is 1.27 bits per heavy atom. The summed E-state index contributed by atoms with van der Waals surface area (Å²) in [6.45, 7) is 0. The lowest BCUT2D eigenvalue weighted by atomic mass is 10.1. The maximum Gasteiger partial charge on any atom is 0.181 e. The van der Waals surface area contributed by atoms with Gasteiger partial charge in [0.05, 0.1) is 21.3 Å². The van der Waals surface area contributed by atoms with E-state index in [9.17, 15) is 0 Å². The molecule has 2 rings (SSSR count). The monoisotopic (exact) mass is 305 g/mol. The number of oxazole rings is 1. The normalized spacial score (nSPS) is 10.6. The van der Waals surface area contributed by atoms with Crippen molar-refractivity contribution < 1.29 is 4.42 Å². The maximum atomic E-state index is 6.06. The van der Waals surface area contributed by atoms with E-state index in [1.807, 2.05) is 0 Å². The molecule has 1 aromatic heterocycles. The predicted octanol–water partition coefficient (Wildman–Crippen LogP) is 4.54. The van der Waals surface area contributed by atoms with Crippen molar-refractivity contribution in [3.8, 4) is 11.3 Å². The first-order chi connectivity index (χ1) is 7.24. The van der Waals surface area contributed by atoms with Crippen molar-refractivity contribution >= 4 is 39.1 Å². The van der Waals surface area contributed by atoms with Gasteiger partial charge in [0.15, 0.2) is 12.2 Å². The van der Waals surface area contributed by atoms with Crippen LogP contribution >= 0.6 is 39.1 Å². The van der Waals surface area contributed by atoms with E-state index in [1.165, 1.54) is 6.39 Å². The average Bonchev–Trinajstić information content (AvgIpc) is 2.65. The molecular weight excluding hydrogens is 301 g/mol. The molecule has 0 saturated carbocycles. The Hall–Kier alpha value is -0.510. The average molecular weight is 307 g/mol. The first kappa shape index (κ1) is 11.0. The van der Waals surface area contributed by atoms with Gasteiger partial charge in [0.25, 0.3) is 0 Å². The Kier molecular flexibility index (Phi) is 3.34. The van der Waals surface area contributed by atoms with Gasteiger partial charge in [0.2, 0.25) is 0 Å². The smallest absolute Gasteiger partial charge is 0.181 e. The molecule has 0 atom stereocenters. The van der Waals surface area contributed by atoms with Crippen LogP contribution in [0.5, 0.6) is 0 Å². The van der Waals surface area contributed by atoms with E-state index in [4.69, 9.17) is 27.6 Å². The van der Waals surface area contributed by atoms with E-state index in [1.54, 1.807) is 18.2 Å². The van der Waals surface area contributed by atoms with E-state index in [-0.39, 0.29) is 0 Å². The molecule has 0 spiro atoms. The second-order valence-corrected chi connectivity index (χ2v) is 4.23. The third-order valence-corrected chi connectivity index (χ3v) is 3.12. The molecule has 0 unspecified atom stereocenters. The number of benzene rings is 1. The van der Waals surface area contributed by atoms with Gasteiger partial charge >= 0.3 is 0 Å². The zero-order valence-corrected chi connectivity index (χ0v) is 10.6. The standard InChI is InChI=1S/C10H6BrCl2NO/c11-4-8-10(15-5-14-8)9-6(12)2-1-3-7(9)13/h1-3,5H,4H2. The Labute approximate surface area is 105 Å². The maximum absolute atomic E-state index is 6.06. The molecule has 0 aliphatic rings. The summed E-state index contributed by atoms with van der Waals surface area (Å²) < 4.78 is 5.29. The van der Waals surface area contributed by atoms with E-state index < -0.39 is 0 Å². The zero-order valence-electron chi connectivity index (χ0n) is 7.51. The van der Waals surface area contributed by atoms with Crippen LogP contribution in [0.25, 0.3) is 11.3 Å². The van der Waals surface area contributed by atoms with Crippen molar-refractivity contribution in [3.63, 3.8) is 0 Å². The Balaban J connectivity index is 2.63. The molecule has 5 heteroatoms. The highest BCUT2D eigenvalue weighted by molar-refractivity contribution is 9.08. The molecule has 0 bridgehead atoms. The van der Waals surface area contributed by atoms with Gasteiger partial charge in [-0.05, 0) is 12.1 Å². The van der Waals surface area contributed by atoms with Crippen molar-refractivity contribution in [2.75, 3.05) is 0 Å². The number of alkyl halides is 1. The van der Waals surface area contributed by atoms with Crippen LogP contribution in [0.4, 0.5) is 0 Å². The lowest BCUT2D eigenvalue weighted by Gasteiger charge is -2.04. The molecule has 1 heterocycles. The molecule has 0 fully saturated rings. The summed E-state index contributed by atoms with van der Waals surface area (Å²) in [5.74, 6) is 0.613. The number of hydrogen-bond donors (Lipinski definition) is 0. The van der Waals surface area contributed by atoms with Gasteiger partial charge in [-0.2, -0.15) is 0 Å². The van der Waals surface area contributed by atoms with Gasteiger partial charge < -0.3 is 4.42 Å². The number of aromatic nitrogens is 1. The third kappa shape index (κ3) is 2.05. The van der Waals surface area contributed by atoms with Gasteiger partial charge in [-0.15, -0.1) is 0 Å². The van der Waals surface area contributed by atoms with Crippen molar-refractivity contribution in [3.05, 3.63) is 40.3 Å². The van der Waals surface area contributed by atoms with Crippen LogP contribution in [0.3, 0.4) is 0 Å². The SMILES string of the molecule is Clc1cccc(Cl)c1-c1ocnc1CBr. The van der Waals surface area contributed by atoms with E-state index >= 15 is 0 Å². The van der Waals surface area contributed by atoms with Crippen LogP contribution in [0.15, 0.2) is 29.0 Å². The quantitative estimate of drug-likeness (QED) is 0.761. The first-order valence-corrected chi connectivity index (χ1v) is 6.04. The van der Waals surface area contributed by atoms with Gasteiger partial charge in [0.1, 0.15) is 0 Å². The van der Waals surface area contributed by atoms with Crippen LogP contribution in [-0.4, -0.2) is 4.98 Å². The summed E-state index contributed by atoms with van der Waals surface area (Å²) in [6.07, 6.45) is 1.38. The van der Waals surface area contributed by atoms with Gasteiger partial charge in [-0.1, -0.05) is 45.2 Å². The van der Waals surface area contributed by atoms with E-state index in [2.05, 4.69) is 20.9 Å². The number of hydrogen-bond acceptors (Lipinski definition) is 2. The van der Waals surface area contributed by atoms with Crippen LogP contribution in [0, 0.1) is 0 Å². The Bertz CT molecular complexity index is 464. The van der Waals surface area contributed by atoms with E-state index in [0.717, 1.165) is 5.69 Å². The zero-order chi connectivity index (χ0) is 10.8. The van der Waals surface area contributed by atoms with Crippen molar-refractivity contribution in [1.82, 2.24) is 4.98 Å². The third-order valence-electron chi connectivity index (χ3n) is 1.96. The van der Waals surface area contributed by atoms with Crippen LogP contribution < -0.4 is 0 Å². The molecule has 0 saturated heterocycles. The topological polar surface area (TPSA) is 26.0 Å². The number of rotatable bonds is 2. The van der Waals surface area contributed by atoms with Crippen LogP contribution in [0.2, 0.25) is 10.0 Å². The van der Waals surface area contributed by atoms with Crippen molar-refractivity contribution in [2.45, 2.75) is 5.33 Å². The van der Waals surface area contributed by atoms with Crippen LogP contribution in [-0.2, 0) is 5.33 Å². The van der Waals surface area contributed by atoms with Crippen LogP contribution in [0.1, 0.15) is 5.69 Å². The fraction of sp³-hybridized carbons (Fsp3) is 0.100. The molecule has 78 valence electrons. The highest BCUT2D eigenvalue weighted by atomic mass is 79.9. The molecule has 0 amide bonds. The van der Waals surface area contributed by atoms with Crippen molar-refractivity contribution in [2.24, 2.45) is 0 Å². The summed E-state index contributed by atoms with van der Waals surface area (Å²) in [5, 5.41) is 1.71. The molecule has 0 N–H and O–H groups in total. The molecule has 0 radical (unpaired) electrons. The second-order valence-electron chi connectivity index (χ2n) is 2.86. The molecule has 0 aliphatic heterocycles. The van der Waals surface area contributed by atoms with Gasteiger partial charge in [0, 0.05) is 5.33 Å². The molecular formula is C10H6BrCl2NO. The summed E-state index contributed by atoms with van der Waals surface area (Å²) in [7, 11) is 0. The number of halogens is 3. The van der Waals surface area contributed by atoms with Crippen molar-refractivity contribution in [1.29, 1.82) is 0 Å². The van der Waals surface area contributed by atoms with Gasteiger partial charge in [-0.3, -0.25) is 0 Å². The fourth-order valence-electron chi connectivity index (χ4n) is 1.28. The molecule has 2 nitrogen and oxygen atoms in total. The summed E-state index contributed by atoms with van der Waals surface area (Å²) >= 11 is 15.5. The second kappa shape index (κ2) is 4.56. The lowest BCUT2D eigenvalue weighted by molar-refractivity contribution is 0.571. The van der Waals surface area contributed by atoms with Gasteiger partial charge in [-0.25, -0.2) is 4.98 Å². The minimum atomic E-state index is 0.557. The minimum Gasteiger partial charge on any atom is -0.443 e. The van der Waals surface area contributed by atoms with E-state index in [0.29, 0.717) is 26.7 Å². The lowest BCUT2D eigenvalue weighted by Crippen LogP contribution is -1.85. The fourth-order valence-corrected chi connectivity index (χ4v) is 2.25. The highest BCUT2D eigenvalue weighted by Crippen LogP contribution is 2.36. The summed E-state index contributed by atoms with van der Waals surface area (Å²) in [4.78, 5) is 4.06. The molecule has 1 aromatic carbocycles. The summed E-state index contributed by atoms with van der Waals surface area (Å²) in [5.41, 5.74) is 1.47. The molecule has 15 heavy (non-hydrogen) atoms. The highest BCUT2D eigenvalue weighted by Gasteiger charge is 2.15. The molecule has 0 aliphatic carbocycles. The molecule has 2 aromatic rings. The Morgan fingerprint density at radius 3 is 2.53 bits per heavy atom. The minimum absolute atomic E-state index is 0.557. The number of nitrogens with zero attached hydrogens (tertiary/aromatic N) is 1. The largest absolute Gasteiger partial charge is 0.443 e. The predicted molar refractivity (Wildman–Crippen MR) is 64.6 cm³/mol.